The Labute approximate surface area is 201 Å². The van der Waals surface area contributed by atoms with Crippen molar-refractivity contribution >= 4 is 34.1 Å². The molecule has 0 fully saturated rings. The van der Waals surface area contributed by atoms with E-state index in [4.69, 9.17) is 11.1 Å². The number of rotatable bonds is 9. The zero-order valence-corrected chi connectivity index (χ0v) is 20.0. The van der Waals surface area contributed by atoms with Crippen LogP contribution in [0, 0.1) is 11.3 Å². The summed E-state index contributed by atoms with van der Waals surface area (Å²) in [6, 6.07) is 21.4. The first kappa shape index (κ1) is 24.8. The van der Waals surface area contributed by atoms with Crippen LogP contribution in [0.25, 0.3) is 11.1 Å². The Kier molecular flexibility index (Phi) is 8.26. The standard InChI is InChI=1S/C25H29N5O3S/c1-17(2)15-30(16-18-7-6-10-20(13-18)24(26)27)25(31)28-21-11-12-22(19-8-4-3-5-9-19)23(14-21)29-34(32)33/h3-14,17,34H,15-16H2,1-2H3,(H3,26,27)(H,28,31)(H,29,32,33). The number of amidine groups is 1. The van der Waals surface area contributed by atoms with E-state index >= 15 is 0 Å². The van der Waals surface area contributed by atoms with Crippen LogP contribution in [0.1, 0.15) is 25.0 Å². The van der Waals surface area contributed by atoms with Crippen molar-refractivity contribution in [3.63, 3.8) is 0 Å². The predicted molar refractivity (Wildman–Crippen MR) is 138 cm³/mol. The maximum Gasteiger partial charge on any atom is 0.322 e. The zero-order valence-electron chi connectivity index (χ0n) is 19.1. The van der Waals surface area contributed by atoms with Gasteiger partial charge in [-0.05, 0) is 35.2 Å². The van der Waals surface area contributed by atoms with Gasteiger partial charge in [0.25, 0.3) is 0 Å². The van der Waals surface area contributed by atoms with Crippen molar-refractivity contribution in [2.45, 2.75) is 20.4 Å². The summed E-state index contributed by atoms with van der Waals surface area (Å²) in [6.07, 6.45) is 0. The number of nitrogens with one attached hydrogen (secondary N) is 3. The third kappa shape index (κ3) is 6.82. The van der Waals surface area contributed by atoms with Gasteiger partial charge in [-0.1, -0.05) is 68.4 Å². The number of anilines is 2. The first-order valence-corrected chi connectivity index (χ1v) is 12.0. The van der Waals surface area contributed by atoms with Crippen LogP contribution < -0.4 is 15.8 Å². The van der Waals surface area contributed by atoms with Crippen LogP contribution >= 0.6 is 0 Å². The van der Waals surface area contributed by atoms with Gasteiger partial charge in [0, 0.05) is 29.9 Å². The summed E-state index contributed by atoms with van der Waals surface area (Å²) in [4.78, 5) is 14.8. The SMILES string of the molecule is CC(C)CN(Cc1cccc(C(=N)N)c1)C(=O)Nc1ccc(-c2ccccc2)c(N[SH](=O)=O)c1. The topological polar surface area (TPSA) is 128 Å². The molecule has 0 heterocycles. The minimum absolute atomic E-state index is 0.0306. The minimum Gasteiger partial charge on any atom is -0.384 e. The second-order valence-electron chi connectivity index (χ2n) is 8.31. The van der Waals surface area contributed by atoms with Crippen LogP contribution in [-0.4, -0.2) is 31.7 Å². The van der Waals surface area contributed by atoms with Crippen molar-refractivity contribution in [3.8, 4) is 11.1 Å². The Morgan fingerprint density at radius 1 is 1.03 bits per heavy atom. The number of hydrogen-bond donors (Lipinski definition) is 5. The second kappa shape index (κ2) is 11.3. The van der Waals surface area contributed by atoms with Crippen LogP contribution in [0.5, 0.6) is 0 Å². The molecule has 0 unspecified atom stereocenters. The summed E-state index contributed by atoms with van der Waals surface area (Å²) in [5, 5.41) is 10.5. The summed E-state index contributed by atoms with van der Waals surface area (Å²) >= 11 is 0. The van der Waals surface area contributed by atoms with Crippen molar-refractivity contribution in [2.24, 2.45) is 11.7 Å². The molecule has 0 atom stereocenters. The van der Waals surface area contributed by atoms with Gasteiger partial charge in [0.1, 0.15) is 5.84 Å². The van der Waals surface area contributed by atoms with E-state index in [2.05, 4.69) is 10.0 Å². The van der Waals surface area contributed by atoms with Crippen molar-refractivity contribution in [1.82, 2.24) is 4.90 Å². The number of nitrogens with zero attached hydrogens (tertiary/aromatic N) is 1. The average molecular weight is 480 g/mol. The van der Waals surface area contributed by atoms with Crippen molar-refractivity contribution < 1.29 is 13.2 Å². The molecule has 8 nitrogen and oxygen atoms in total. The molecular formula is C25H29N5O3S. The number of benzene rings is 3. The van der Waals surface area contributed by atoms with E-state index in [0.29, 0.717) is 35.6 Å². The Bertz CT molecular complexity index is 1230. The molecule has 0 aliphatic rings. The smallest absolute Gasteiger partial charge is 0.322 e. The van der Waals surface area contributed by atoms with Gasteiger partial charge in [-0.15, -0.1) is 0 Å². The third-order valence-electron chi connectivity index (χ3n) is 5.05. The molecule has 2 amide bonds. The van der Waals surface area contributed by atoms with E-state index in [1.807, 2.05) is 56.3 Å². The lowest BCUT2D eigenvalue weighted by Gasteiger charge is -2.25. The third-order valence-corrected chi connectivity index (χ3v) is 5.48. The van der Waals surface area contributed by atoms with E-state index < -0.39 is 10.9 Å². The highest BCUT2D eigenvalue weighted by Gasteiger charge is 2.17. The minimum atomic E-state index is -2.88. The number of nitrogen functional groups attached to an aromatic ring is 1. The first-order valence-electron chi connectivity index (χ1n) is 10.8. The highest BCUT2D eigenvalue weighted by molar-refractivity contribution is 7.73. The molecule has 3 rings (SSSR count). The molecule has 3 aromatic rings. The molecule has 178 valence electrons. The van der Waals surface area contributed by atoms with Crippen LogP contribution in [0.4, 0.5) is 16.2 Å². The lowest BCUT2D eigenvalue weighted by atomic mass is 10.0. The van der Waals surface area contributed by atoms with Gasteiger partial charge < -0.3 is 16.0 Å². The molecular weight excluding hydrogens is 450 g/mol. The molecule has 0 aromatic heterocycles. The Balaban J connectivity index is 1.85. The normalized spacial score (nSPS) is 10.8. The van der Waals surface area contributed by atoms with E-state index in [1.54, 1.807) is 35.2 Å². The molecule has 0 bridgehead atoms. The number of amides is 2. The van der Waals surface area contributed by atoms with E-state index in [0.717, 1.165) is 11.1 Å². The Hall–Kier alpha value is -3.85. The van der Waals surface area contributed by atoms with Crippen LogP contribution in [0.15, 0.2) is 72.8 Å². The second-order valence-corrected chi connectivity index (χ2v) is 9.05. The first-order chi connectivity index (χ1) is 16.2. The molecule has 0 aliphatic heterocycles. The fraction of sp³-hybridized carbons (Fsp3) is 0.200. The van der Waals surface area contributed by atoms with Crippen molar-refractivity contribution in [1.29, 1.82) is 5.41 Å². The summed E-state index contributed by atoms with van der Waals surface area (Å²) in [7, 11) is -2.88. The van der Waals surface area contributed by atoms with Gasteiger partial charge in [-0.25, -0.2) is 13.2 Å². The predicted octanol–water partition coefficient (Wildman–Crippen LogP) is 4.27. The number of carbonyl (C=O) groups excluding carboxylic acids is 1. The maximum atomic E-state index is 13.2. The van der Waals surface area contributed by atoms with Gasteiger partial charge >= 0.3 is 6.03 Å². The van der Waals surface area contributed by atoms with Gasteiger partial charge in [0.2, 0.25) is 10.9 Å². The Morgan fingerprint density at radius 3 is 2.41 bits per heavy atom. The number of carbonyl (C=O) groups is 1. The lowest BCUT2D eigenvalue weighted by Crippen LogP contribution is -2.37. The summed E-state index contributed by atoms with van der Waals surface area (Å²) in [6.45, 7) is 4.89. The highest BCUT2D eigenvalue weighted by Crippen LogP contribution is 2.31. The largest absolute Gasteiger partial charge is 0.384 e. The molecule has 34 heavy (non-hydrogen) atoms. The number of thiol groups is 1. The molecule has 0 saturated heterocycles. The van der Waals surface area contributed by atoms with E-state index in [-0.39, 0.29) is 17.8 Å². The van der Waals surface area contributed by atoms with Crippen LogP contribution in [0.3, 0.4) is 0 Å². The monoisotopic (exact) mass is 479 g/mol. The van der Waals surface area contributed by atoms with Crippen molar-refractivity contribution in [3.05, 3.63) is 83.9 Å². The Morgan fingerprint density at radius 2 is 1.76 bits per heavy atom. The molecule has 0 spiro atoms. The molecule has 0 aliphatic carbocycles. The molecule has 0 radical (unpaired) electrons. The summed E-state index contributed by atoms with van der Waals surface area (Å²) < 4.78 is 25.3. The lowest BCUT2D eigenvalue weighted by molar-refractivity contribution is 0.201. The summed E-state index contributed by atoms with van der Waals surface area (Å²) in [5.74, 6) is 0.195. The van der Waals surface area contributed by atoms with Crippen LogP contribution in [0.2, 0.25) is 0 Å². The summed E-state index contributed by atoms with van der Waals surface area (Å²) in [5.41, 5.74) is 9.46. The van der Waals surface area contributed by atoms with Gasteiger partial charge in [-0.2, -0.15) is 0 Å². The molecule has 5 N–H and O–H groups in total. The number of urea groups is 1. The number of nitrogens with two attached hydrogens (primary N) is 1. The quantitative estimate of drug-likeness (QED) is 0.178. The maximum absolute atomic E-state index is 13.2. The van der Waals surface area contributed by atoms with E-state index in [1.165, 1.54) is 0 Å². The fourth-order valence-electron chi connectivity index (χ4n) is 3.60. The van der Waals surface area contributed by atoms with Gasteiger partial charge in [0.05, 0.1) is 5.69 Å². The van der Waals surface area contributed by atoms with Crippen LogP contribution in [-0.2, 0) is 17.4 Å². The molecule has 0 saturated carbocycles. The van der Waals surface area contributed by atoms with E-state index in [9.17, 15) is 13.2 Å². The average Bonchev–Trinajstić information content (AvgIpc) is 2.79. The highest BCUT2D eigenvalue weighted by atomic mass is 32.2. The van der Waals surface area contributed by atoms with Gasteiger partial charge in [-0.3, -0.25) is 10.1 Å². The van der Waals surface area contributed by atoms with Crippen molar-refractivity contribution in [2.75, 3.05) is 16.6 Å². The molecule has 3 aromatic carbocycles. The van der Waals surface area contributed by atoms with Gasteiger partial charge in [0.15, 0.2) is 0 Å². The fourth-order valence-corrected chi connectivity index (χ4v) is 3.98. The molecule has 9 heteroatoms. The zero-order chi connectivity index (χ0) is 24.7. The number of hydrogen-bond acceptors (Lipinski definition) is 4.